The van der Waals surface area contributed by atoms with E-state index in [0.29, 0.717) is 36.7 Å². The highest BCUT2D eigenvalue weighted by Crippen LogP contribution is 2.25. The summed E-state index contributed by atoms with van der Waals surface area (Å²) in [6.45, 7) is 2.90. The summed E-state index contributed by atoms with van der Waals surface area (Å²) in [5.74, 6) is 0.831. The van der Waals surface area contributed by atoms with Gasteiger partial charge in [-0.2, -0.15) is 0 Å². The van der Waals surface area contributed by atoms with Crippen molar-refractivity contribution >= 4 is 46.1 Å². The zero-order valence-corrected chi connectivity index (χ0v) is 19.7. The van der Waals surface area contributed by atoms with Crippen molar-refractivity contribution in [3.05, 3.63) is 64.6 Å². The summed E-state index contributed by atoms with van der Waals surface area (Å²) in [6, 6.07) is 13.7. The molecule has 0 saturated carbocycles. The minimum atomic E-state index is 0.0391. The van der Waals surface area contributed by atoms with Gasteiger partial charge in [0.2, 0.25) is 5.91 Å². The van der Waals surface area contributed by atoms with E-state index < -0.39 is 0 Å². The van der Waals surface area contributed by atoms with Crippen LogP contribution in [0, 0.1) is 12.3 Å². The molecule has 8 nitrogen and oxygen atoms in total. The standard InChI is InChI=1S/C24H26ClN7O/c1-16-28-29-23-8-7-20-22(32(16)23)14-21(31(20)15-17-5-4-6-18(25)13-17)19(26)9-11-27-12-10-24(33)30(2)3/h4-8,11,13-14,26H,9-10,12,15H2,1-3H3. The fraction of sp³-hybridized carbons (Fsp3) is 0.292. The fourth-order valence-electron chi connectivity index (χ4n) is 3.82. The van der Waals surface area contributed by atoms with Gasteiger partial charge in [0.1, 0.15) is 5.82 Å². The van der Waals surface area contributed by atoms with E-state index in [1.807, 2.05) is 53.8 Å². The highest BCUT2D eigenvalue weighted by molar-refractivity contribution is 6.30. The molecule has 1 N–H and O–H groups in total. The molecular weight excluding hydrogens is 438 g/mol. The van der Waals surface area contributed by atoms with Crippen molar-refractivity contribution in [1.82, 2.24) is 24.1 Å². The largest absolute Gasteiger partial charge is 0.349 e. The Kier molecular flexibility index (Phi) is 6.55. The van der Waals surface area contributed by atoms with Crippen LogP contribution in [0.25, 0.3) is 16.7 Å². The Hall–Kier alpha value is -3.52. The molecule has 0 fully saturated rings. The van der Waals surface area contributed by atoms with Crippen LogP contribution in [0.2, 0.25) is 5.02 Å². The number of rotatable bonds is 8. The van der Waals surface area contributed by atoms with Crippen LogP contribution in [0.15, 0.2) is 47.5 Å². The van der Waals surface area contributed by atoms with Crippen molar-refractivity contribution in [2.45, 2.75) is 26.3 Å². The topological polar surface area (TPSA) is 91.6 Å². The number of nitrogens with zero attached hydrogens (tertiary/aromatic N) is 6. The number of fused-ring (bicyclic) bond motifs is 3. The first-order valence-electron chi connectivity index (χ1n) is 10.7. The average Bonchev–Trinajstić information content (AvgIpc) is 3.34. The lowest BCUT2D eigenvalue weighted by Crippen LogP contribution is -2.22. The number of amides is 1. The molecule has 0 aliphatic carbocycles. The quantitative estimate of drug-likeness (QED) is 0.400. The maximum absolute atomic E-state index is 11.7. The Morgan fingerprint density at radius 1 is 1.18 bits per heavy atom. The van der Waals surface area contributed by atoms with Crippen LogP contribution in [-0.2, 0) is 11.3 Å². The van der Waals surface area contributed by atoms with Gasteiger partial charge in [-0.15, -0.1) is 10.2 Å². The second kappa shape index (κ2) is 9.54. The predicted molar refractivity (Wildman–Crippen MR) is 132 cm³/mol. The number of aryl methyl sites for hydroxylation is 1. The van der Waals surface area contributed by atoms with Crippen molar-refractivity contribution < 1.29 is 4.79 Å². The first kappa shape index (κ1) is 22.7. The molecule has 1 aromatic carbocycles. The van der Waals surface area contributed by atoms with Gasteiger partial charge in [-0.3, -0.25) is 14.2 Å². The van der Waals surface area contributed by atoms with Crippen LogP contribution in [0.5, 0.6) is 0 Å². The summed E-state index contributed by atoms with van der Waals surface area (Å²) >= 11 is 6.21. The molecule has 0 saturated heterocycles. The van der Waals surface area contributed by atoms with Crippen molar-refractivity contribution in [2.24, 2.45) is 4.99 Å². The maximum Gasteiger partial charge on any atom is 0.223 e. The molecule has 3 aromatic heterocycles. The SMILES string of the molecule is Cc1nnc2ccc3c(cc(C(=N)CC=NCCC(=O)N(C)C)n3Cc3cccc(Cl)c3)n12. The van der Waals surface area contributed by atoms with Crippen molar-refractivity contribution in [3.8, 4) is 0 Å². The molecule has 9 heteroatoms. The Balaban J connectivity index is 1.67. The zero-order valence-electron chi connectivity index (χ0n) is 18.9. The molecule has 170 valence electrons. The van der Waals surface area contributed by atoms with Crippen LogP contribution >= 0.6 is 11.6 Å². The molecule has 33 heavy (non-hydrogen) atoms. The number of carbonyl (C=O) groups is 1. The monoisotopic (exact) mass is 463 g/mol. The van der Waals surface area contributed by atoms with Gasteiger partial charge in [-0.25, -0.2) is 0 Å². The van der Waals surface area contributed by atoms with E-state index in [-0.39, 0.29) is 5.91 Å². The van der Waals surface area contributed by atoms with E-state index in [4.69, 9.17) is 17.0 Å². The van der Waals surface area contributed by atoms with Crippen LogP contribution in [0.1, 0.15) is 29.9 Å². The van der Waals surface area contributed by atoms with Crippen molar-refractivity contribution in [3.63, 3.8) is 0 Å². The maximum atomic E-state index is 11.7. The Morgan fingerprint density at radius 3 is 2.76 bits per heavy atom. The number of aliphatic imine (C=N–C) groups is 1. The lowest BCUT2D eigenvalue weighted by atomic mass is 10.2. The molecule has 0 atom stereocenters. The third-order valence-corrected chi connectivity index (χ3v) is 5.75. The van der Waals surface area contributed by atoms with Gasteiger partial charge in [0.15, 0.2) is 5.65 Å². The van der Waals surface area contributed by atoms with E-state index >= 15 is 0 Å². The summed E-state index contributed by atoms with van der Waals surface area (Å²) in [5.41, 5.74) is 4.98. The van der Waals surface area contributed by atoms with E-state index in [9.17, 15) is 4.79 Å². The summed E-state index contributed by atoms with van der Waals surface area (Å²) in [6.07, 6.45) is 2.44. The lowest BCUT2D eigenvalue weighted by molar-refractivity contribution is -0.128. The Labute approximate surface area is 197 Å². The summed E-state index contributed by atoms with van der Waals surface area (Å²) < 4.78 is 4.12. The minimum absolute atomic E-state index is 0.0391. The summed E-state index contributed by atoms with van der Waals surface area (Å²) in [4.78, 5) is 17.6. The molecule has 0 spiro atoms. The van der Waals surface area contributed by atoms with E-state index in [1.165, 1.54) is 0 Å². The third-order valence-electron chi connectivity index (χ3n) is 5.52. The Bertz CT molecular complexity index is 1370. The predicted octanol–water partition coefficient (Wildman–Crippen LogP) is 4.00. The van der Waals surface area contributed by atoms with Crippen LogP contribution in [0.3, 0.4) is 0 Å². The average molecular weight is 464 g/mol. The molecule has 4 aromatic rings. The second-order valence-electron chi connectivity index (χ2n) is 8.10. The van der Waals surface area contributed by atoms with Gasteiger partial charge in [0, 0.05) is 51.3 Å². The number of pyridine rings is 1. The van der Waals surface area contributed by atoms with Crippen LogP contribution in [0.4, 0.5) is 0 Å². The van der Waals surface area contributed by atoms with E-state index in [2.05, 4.69) is 19.8 Å². The zero-order chi connectivity index (χ0) is 23.5. The molecule has 0 radical (unpaired) electrons. The van der Waals surface area contributed by atoms with Gasteiger partial charge < -0.3 is 14.9 Å². The Morgan fingerprint density at radius 2 is 2.00 bits per heavy atom. The first-order valence-corrected chi connectivity index (χ1v) is 11.1. The van der Waals surface area contributed by atoms with E-state index in [1.54, 1.807) is 25.2 Å². The van der Waals surface area contributed by atoms with E-state index in [0.717, 1.165) is 33.8 Å². The minimum Gasteiger partial charge on any atom is -0.349 e. The number of carbonyl (C=O) groups excluding carboxylic acids is 1. The number of halogens is 1. The van der Waals surface area contributed by atoms with Crippen LogP contribution < -0.4 is 0 Å². The second-order valence-corrected chi connectivity index (χ2v) is 8.54. The van der Waals surface area contributed by atoms with Gasteiger partial charge in [-0.05, 0) is 42.8 Å². The van der Waals surface area contributed by atoms with Crippen molar-refractivity contribution in [2.75, 3.05) is 20.6 Å². The normalized spacial score (nSPS) is 11.6. The van der Waals surface area contributed by atoms with Crippen LogP contribution in [-0.4, -0.2) is 62.5 Å². The fourth-order valence-corrected chi connectivity index (χ4v) is 4.03. The molecule has 0 aliphatic rings. The number of benzene rings is 1. The molecular formula is C24H26ClN7O. The molecule has 1 amide bonds. The number of hydrogen-bond acceptors (Lipinski definition) is 5. The highest BCUT2D eigenvalue weighted by atomic mass is 35.5. The van der Waals surface area contributed by atoms with Gasteiger partial charge in [0.05, 0.1) is 22.4 Å². The molecule has 3 heterocycles. The summed E-state index contributed by atoms with van der Waals surface area (Å²) in [7, 11) is 3.46. The van der Waals surface area contributed by atoms with Crippen molar-refractivity contribution in [1.29, 1.82) is 5.41 Å². The van der Waals surface area contributed by atoms with Gasteiger partial charge in [0.25, 0.3) is 0 Å². The molecule has 4 rings (SSSR count). The van der Waals surface area contributed by atoms with Gasteiger partial charge in [-0.1, -0.05) is 23.7 Å². The highest BCUT2D eigenvalue weighted by Gasteiger charge is 2.17. The number of nitrogens with one attached hydrogen (secondary N) is 1. The molecule has 0 unspecified atom stereocenters. The molecule has 0 aliphatic heterocycles. The smallest absolute Gasteiger partial charge is 0.223 e. The lowest BCUT2D eigenvalue weighted by Gasteiger charge is -2.12. The number of aromatic nitrogens is 4. The van der Waals surface area contributed by atoms with Gasteiger partial charge >= 0.3 is 0 Å². The number of hydrogen-bond donors (Lipinski definition) is 1. The summed E-state index contributed by atoms with van der Waals surface area (Å²) in [5, 5.41) is 17.9. The third kappa shape index (κ3) is 4.80. The first-order chi connectivity index (χ1) is 15.8. The molecule has 0 bridgehead atoms.